The van der Waals surface area contributed by atoms with Gasteiger partial charge in [-0.2, -0.15) is 0 Å². The second-order valence-corrected chi connectivity index (χ2v) is 3.03. The zero-order valence-corrected chi connectivity index (χ0v) is 7.30. The smallest absolute Gasteiger partial charge is 0.0578 e. The van der Waals surface area contributed by atoms with Gasteiger partial charge in [-0.05, 0) is 24.0 Å². The van der Waals surface area contributed by atoms with Gasteiger partial charge in [-0.25, -0.2) is 0 Å². The monoisotopic (exact) mass is 174 g/mol. The Kier molecular flexibility index (Phi) is 1.53. The zero-order valence-electron chi connectivity index (χ0n) is 10.3. The van der Waals surface area contributed by atoms with Crippen LogP contribution in [0.15, 0.2) is 24.3 Å². The minimum absolute atomic E-state index is 0.549. The minimum Gasteiger partial charge on any atom is -0.299 e. The number of benzene rings is 1. The number of hydrogen-bond donors (Lipinski definition) is 1. The predicted octanol–water partition coefficient (Wildman–Crippen LogP) is 1.90. The highest BCUT2D eigenvalue weighted by Crippen LogP contribution is 2.30. The van der Waals surface area contributed by atoms with E-state index in [1.54, 1.807) is 0 Å². The van der Waals surface area contributed by atoms with E-state index in [1.165, 1.54) is 0 Å². The normalized spacial score (nSPS) is 29.6. The number of terminal acetylenes is 1. The van der Waals surface area contributed by atoms with Crippen molar-refractivity contribution >= 4 is 0 Å². The Labute approximate surface area is 83.4 Å². The lowest BCUT2D eigenvalue weighted by molar-refractivity contribution is 0.568. The molecule has 0 heterocycles. The fourth-order valence-electron chi connectivity index (χ4n) is 1.67. The summed E-state index contributed by atoms with van der Waals surface area (Å²) in [5.74, 6) is 2.03. The third kappa shape index (κ3) is 1.59. The molecule has 1 heteroatoms. The summed E-state index contributed by atoms with van der Waals surface area (Å²) in [5, 5.41) is 2.60. The molecule has 0 aliphatic heterocycles. The van der Waals surface area contributed by atoms with Crippen LogP contribution >= 0.6 is 0 Å². The molecule has 0 aromatic heterocycles. The van der Waals surface area contributed by atoms with E-state index >= 15 is 0 Å². The van der Waals surface area contributed by atoms with Crippen LogP contribution in [-0.4, -0.2) is 6.50 Å². The maximum Gasteiger partial charge on any atom is 0.0578 e. The minimum atomic E-state index is -1.95. The molecule has 2 rings (SSSR count). The molecular weight excluding hydrogens is 158 g/mol. The average Bonchev–Trinajstić information content (AvgIpc) is 2.57. The van der Waals surface area contributed by atoms with Crippen molar-refractivity contribution in [1.82, 2.24) is 5.32 Å². The molecule has 0 radical (unpaired) electrons. The predicted molar refractivity (Wildman–Crippen MR) is 54.3 cm³/mol. The highest BCUT2D eigenvalue weighted by Gasteiger charge is 2.20. The highest BCUT2D eigenvalue weighted by molar-refractivity contribution is 5.34. The molecule has 1 atom stereocenters. The SMILES string of the molecule is [2H]C([2H])(C#C)NC1([2H])CCc2ccccc21. The Morgan fingerprint density at radius 3 is 3.38 bits per heavy atom. The van der Waals surface area contributed by atoms with Gasteiger partial charge in [-0.1, -0.05) is 30.2 Å². The van der Waals surface area contributed by atoms with Gasteiger partial charge >= 0.3 is 0 Å². The molecule has 13 heavy (non-hydrogen) atoms. The number of rotatable bonds is 2. The fraction of sp³-hybridized carbons (Fsp3) is 0.333. The van der Waals surface area contributed by atoms with E-state index in [0.29, 0.717) is 6.42 Å². The molecule has 0 saturated heterocycles. The maximum absolute atomic E-state index is 8.27. The lowest BCUT2D eigenvalue weighted by atomic mass is 10.1. The van der Waals surface area contributed by atoms with Crippen LogP contribution in [0.3, 0.4) is 0 Å². The number of nitrogens with one attached hydrogen (secondary N) is 1. The van der Waals surface area contributed by atoms with E-state index in [4.69, 9.17) is 10.5 Å². The van der Waals surface area contributed by atoms with Gasteiger partial charge in [0.1, 0.15) is 0 Å². The van der Waals surface area contributed by atoms with Gasteiger partial charge in [0, 0.05) is 6.02 Å². The van der Waals surface area contributed by atoms with E-state index in [0.717, 1.165) is 17.5 Å². The topological polar surface area (TPSA) is 12.0 Å². The van der Waals surface area contributed by atoms with E-state index < -0.39 is 12.5 Å². The highest BCUT2D eigenvalue weighted by atomic mass is 14.9. The van der Waals surface area contributed by atoms with Crippen molar-refractivity contribution in [1.29, 1.82) is 0 Å². The summed E-state index contributed by atoms with van der Waals surface area (Å²) in [6.07, 6.45) is 6.43. The van der Waals surface area contributed by atoms with Gasteiger partial charge in [0.15, 0.2) is 0 Å². The molecule has 0 amide bonds. The molecule has 0 fully saturated rings. The van der Waals surface area contributed by atoms with E-state index in [9.17, 15) is 0 Å². The molecule has 1 aromatic carbocycles. The lowest BCUT2D eigenvalue weighted by Crippen LogP contribution is -2.19. The van der Waals surface area contributed by atoms with E-state index in [2.05, 4.69) is 5.32 Å². The largest absolute Gasteiger partial charge is 0.299 e. The molecule has 66 valence electrons. The quantitative estimate of drug-likeness (QED) is 0.675. The lowest BCUT2D eigenvalue weighted by Gasteiger charge is -2.10. The van der Waals surface area contributed by atoms with Crippen molar-refractivity contribution < 1.29 is 4.11 Å². The average molecular weight is 174 g/mol. The van der Waals surface area contributed by atoms with Crippen LogP contribution in [0.4, 0.5) is 0 Å². The molecule has 0 bridgehead atoms. The second kappa shape index (κ2) is 3.64. The van der Waals surface area contributed by atoms with Gasteiger partial charge in [0.25, 0.3) is 0 Å². The number of hydrogen-bond acceptors (Lipinski definition) is 1. The van der Waals surface area contributed by atoms with Crippen LogP contribution < -0.4 is 5.32 Å². The number of fused-ring (bicyclic) bond motifs is 1. The molecule has 1 nitrogen and oxygen atoms in total. The summed E-state index contributed by atoms with van der Waals surface area (Å²) in [6.45, 7) is -1.95. The summed E-state index contributed by atoms with van der Waals surface area (Å²) in [4.78, 5) is 0. The molecule has 1 aromatic rings. The number of aryl methyl sites for hydroxylation is 1. The van der Waals surface area contributed by atoms with Crippen molar-refractivity contribution in [2.24, 2.45) is 0 Å². The first-order chi connectivity index (χ1) is 7.47. The van der Waals surface area contributed by atoms with Gasteiger partial charge in [0.05, 0.1) is 10.6 Å². The third-order valence-corrected chi connectivity index (χ3v) is 2.27. The van der Waals surface area contributed by atoms with Crippen molar-refractivity contribution in [3.63, 3.8) is 0 Å². The molecule has 0 spiro atoms. The molecule has 1 aliphatic rings. The summed E-state index contributed by atoms with van der Waals surface area (Å²) >= 11 is 0. The van der Waals surface area contributed by atoms with Crippen LogP contribution in [0.5, 0.6) is 0 Å². The Morgan fingerprint density at radius 2 is 2.54 bits per heavy atom. The molecule has 1 aliphatic carbocycles. The summed E-state index contributed by atoms with van der Waals surface area (Å²) < 4.78 is 23.3. The Balaban J connectivity index is 2.33. The van der Waals surface area contributed by atoms with Crippen molar-refractivity contribution in [2.45, 2.75) is 18.9 Å². The second-order valence-electron chi connectivity index (χ2n) is 3.03. The summed E-state index contributed by atoms with van der Waals surface area (Å²) in [5.41, 5.74) is 1.92. The zero-order chi connectivity index (χ0) is 11.8. The van der Waals surface area contributed by atoms with Crippen molar-refractivity contribution in [3.8, 4) is 12.3 Å². The first-order valence-corrected chi connectivity index (χ1v) is 4.32. The first kappa shape index (κ1) is 5.47. The molecular formula is C12H13N. The summed E-state index contributed by atoms with van der Waals surface area (Å²) in [6, 6.07) is 6.51. The fourth-order valence-corrected chi connectivity index (χ4v) is 1.67. The van der Waals surface area contributed by atoms with Crippen LogP contribution in [0.2, 0.25) is 0 Å². The summed E-state index contributed by atoms with van der Waals surface area (Å²) in [7, 11) is 0. The molecule has 0 saturated carbocycles. The molecule has 1 N–H and O–H groups in total. The van der Waals surface area contributed by atoms with Gasteiger partial charge in [-0.15, -0.1) is 6.42 Å². The van der Waals surface area contributed by atoms with Crippen molar-refractivity contribution in [3.05, 3.63) is 35.4 Å². The maximum atomic E-state index is 8.27. The van der Waals surface area contributed by atoms with Crippen LogP contribution in [0.1, 0.15) is 27.7 Å². The third-order valence-electron chi connectivity index (χ3n) is 2.27. The van der Waals surface area contributed by atoms with Gasteiger partial charge in [0.2, 0.25) is 0 Å². The van der Waals surface area contributed by atoms with Gasteiger partial charge < -0.3 is 0 Å². The van der Waals surface area contributed by atoms with E-state index in [-0.39, 0.29) is 0 Å². The van der Waals surface area contributed by atoms with Crippen molar-refractivity contribution in [2.75, 3.05) is 6.50 Å². The van der Waals surface area contributed by atoms with Crippen LogP contribution in [0, 0.1) is 12.3 Å². The Hall–Kier alpha value is -1.26. The molecule has 1 unspecified atom stereocenters. The first-order valence-electron chi connectivity index (χ1n) is 5.82. The Bertz CT molecular complexity index is 450. The standard InChI is InChI=1S/C12H13N/c1-2-9-13-12-8-7-10-5-3-4-6-11(10)12/h1,3-6,12-13H,7-9H2/i9D2,12D. The van der Waals surface area contributed by atoms with Gasteiger partial charge in [-0.3, -0.25) is 5.32 Å². The van der Waals surface area contributed by atoms with Crippen LogP contribution in [0.25, 0.3) is 0 Å². The van der Waals surface area contributed by atoms with E-state index in [1.807, 2.05) is 30.2 Å². The Morgan fingerprint density at radius 1 is 1.69 bits per heavy atom. The van der Waals surface area contributed by atoms with Crippen LogP contribution in [-0.2, 0) is 6.42 Å².